The van der Waals surface area contributed by atoms with Gasteiger partial charge in [-0.2, -0.15) is 0 Å². The summed E-state index contributed by atoms with van der Waals surface area (Å²) in [5.41, 5.74) is 5.33. The minimum Gasteiger partial charge on any atom is -0.393 e. The first-order valence-corrected chi connectivity index (χ1v) is 13.5. The second-order valence-electron chi connectivity index (χ2n) is 10.8. The Morgan fingerprint density at radius 2 is 1.23 bits per heavy atom. The lowest BCUT2D eigenvalue weighted by Crippen LogP contribution is -2.48. The maximum atomic E-state index is 9.64. The number of hydrogen-bond donors (Lipinski definition) is 3. The summed E-state index contributed by atoms with van der Waals surface area (Å²) < 4.78 is 16.1. The Kier molecular flexibility index (Phi) is 11.1. The fourth-order valence-corrected chi connectivity index (χ4v) is 6.02. The van der Waals surface area contributed by atoms with E-state index in [1.807, 2.05) is 18.2 Å². The second kappa shape index (κ2) is 13.8. The third-order valence-electron chi connectivity index (χ3n) is 8.44. The van der Waals surface area contributed by atoms with Gasteiger partial charge < -0.3 is 29.5 Å². The molecule has 0 radical (unpaired) electrons. The summed E-state index contributed by atoms with van der Waals surface area (Å²) in [6.45, 7) is 21.1. The van der Waals surface area contributed by atoms with Gasteiger partial charge >= 0.3 is 0 Å². The molecule has 3 N–H and O–H groups in total. The van der Waals surface area contributed by atoms with Gasteiger partial charge in [-0.15, -0.1) is 0 Å². The van der Waals surface area contributed by atoms with E-state index in [0.717, 1.165) is 49.4 Å². The molecule has 3 saturated heterocycles. The summed E-state index contributed by atoms with van der Waals surface area (Å²) in [5, 5.41) is 28.8. The van der Waals surface area contributed by atoms with Crippen molar-refractivity contribution in [2.75, 3.05) is 19.8 Å². The second-order valence-corrected chi connectivity index (χ2v) is 10.8. The molecule has 0 amide bonds. The van der Waals surface area contributed by atoms with Crippen LogP contribution in [0.25, 0.3) is 0 Å². The van der Waals surface area contributed by atoms with E-state index in [1.165, 1.54) is 11.1 Å². The Bertz CT molecular complexity index is 1030. The van der Waals surface area contributed by atoms with E-state index in [2.05, 4.69) is 32.9 Å². The predicted octanol–water partition coefficient (Wildman–Crippen LogP) is 4.77. The minimum absolute atomic E-state index is 0. The summed E-state index contributed by atoms with van der Waals surface area (Å²) in [6.07, 6.45) is 13.7. The van der Waals surface area contributed by atoms with Crippen molar-refractivity contribution >= 4 is 0 Å². The van der Waals surface area contributed by atoms with Gasteiger partial charge in [-0.05, 0) is 29.6 Å². The number of allylic oxidation sites excluding steroid dienone is 6. The van der Waals surface area contributed by atoms with Crippen LogP contribution in [-0.2, 0) is 14.2 Å². The molecular formula is C33H46O6. The predicted molar refractivity (Wildman–Crippen MR) is 156 cm³/mol. The molecule has 0 aromatic carbocycles. The van der Waals surface area contributed by atoms with Crippen LogP contribution in [0.4, 0.5) is 0 Å². The maximum absolute atomic E-state index is 9.64. The monoisotopic (exact) mass is 538 g/mol. The normalized spacial score (nSPS) is 40.8. The fraction of sp³-hybridized carbons (Fsp3) is 0.515. The highest BCUT2D eigenvalue weighted by molar-refractivity contribution is 5.40. The SMILES string of the molecule is C.C=C/C=C1\C(=C)[C@@H](O)C[C@@H]2OC[C@@H]12.C=C/C=C1\C[C@@H](O)C(=C)[C@@H]2OC[C@@H]12.C=C/C=C1\C[C@@H](O)C[C@@H]2OC[C@@H]12. The number of ether oxygens (including phenoxy) is 3. The number of aliphatic hydroxyl groups excluding tert-OH is 3. The van der Waals surface area contributed by atoms with Crippen LogP contribution < -0.4 is 0 Å². The van der Waals surface area contributed by atoms with E-state index in [4.69, 9.17) is 14.2 Å². The summed E-state index contributed by atoms with van der Waals surface area (Å²) in [6, 6.07) is 0. The zero-order valence-electron chi connectivity index (χ0n) is 22.2. The van der Waals surface area contributed by atoms with Gasteiger partial charge in [0.05, 0.1) is 56.4 Å². The largest absolute Gasteiger partial charge is 0.393 e. The standard InChI is InChI=1S/2C11H14O2.C10H14O2.CH4/c1-3-4-8-7(2)10(12)5-11-9(8)6-13-11;1-3-4-8-5-10(12)7(2)11-9(8)6-13-11;1-2-3-7-4-8(11)5-10-9(7)6-12-10;/h2*3-4,9-12H,1-2,5-6H2;2-3,8-11H,1,4-6H2;1H4/b2*8-4+;7-3+;/t9-,10-,11-;9-,10+,11-;8-,9+,10+;/m001./s1. The first kappa shape index (κ1) is 31.2. The van der Waals surface area contributed by atoms with Crippen LogP contribution in [0.1, 0.15) is 33.1 Å². The number of aliphatic hydroxyl groups is 3. The van der Waals surface area contributed by atoms with Gasteiger partial charge in [0.25, 0.3) is 0 Å². The van der Waals surface area contributed by atoms with E-state index in [9.17, 15) is 15.3 Å². The van der Waals surface area contributed by atoms with Crippen molar-refractivity contribution in [2.24, 2.45) is 17.8 Å². The lowest BCUT2D eigenvalue weighted by molar-refractivity contribution is -0.131. The smallest absolute Gasteiger partial charge is 0.0895 e. The molecule has 0 unspecified atom stereocenters. The Labute approximate surface area is 234 Å². The topological polar surface area (TPSA) is 88.4 Å². The first-order chi connectivity index (χ1) is 18.3. The summed E-state index contributed by atoms with van der Waals surface area (Å²) in [7, 11) is 0. The molecule has 3 aliphatic carbocycles. The average molecular weight is 539 g/mol. The van der Waals surface area contributed by atoms with Crippen molar-refractivity contribution in [1.82, 2.24) is 0 Å². The molecule has 3 aliphatic heterocycles. The van der Waals surface area contributed by atoms with Crippen LogP contribution in [0.15, 0.2) is 97.2 Å². The van der Waals surface area contributed by atoms with Crippen LogP contribution in [0.5, 0.6) is 0 Å². The van der Waals surface area contributed by atoms with Gasteiger partial charge in [-0.3, -0.25) is 0 Å². The van der Waals surface area contributed by atoms with E-state index in [1.54, 1.807) is 18.2 Å². The fourth-order valence-electron chi connectivity index (χ4n) is 6.02. The Balaban J connectivity index is 0.000000160. The van der Waals surface area contributed by atoms with Crippen LogP contribution in [-0.4, -0.2) is 71.8 Å². The highest BCUT2D eigenvalue weighted by Gasteiger charge is 2.44. The highest BCUT2D eigenvalue weighted by Crippen LogP contribution is 2.42. The van der Waals surface area contributed by atoms with Crippen LogP contribution >= 0.6 is 0 Å². The summed E-state index contributed by atoms with van der Waals surface area (Å²) in [5.74, 6) is 1.44. The summed E-state index contributed by atoms with van der Waals surface area (Å²) >= 11 is 0. The van der Waals surface area contributed by atoms with Gasteiger partial charge in [0, 0.05) is 30.6 Å². The van der Waals surface area contributed by atoms with Gasteiger partial charge in [0.2, 0.25) is 0 Å². The van der Waals surface area contributed by atoms with Crippen LogP contribution in [0.2, 0.25) is 0 Å². The third-order valence-corrected chi connectivity index (χ3v) is 8.44. The number of hydrogen-bond acceptors (Lipinski definition) is 6. The molecule has 0 spiro atoms. The lowest BCUT2D eigenvalue weighted by atomic mass is 9.75. The van der Waals surface area contributed by atoms with Gasteiger partial charge in [-0.25, -0.2) is 0 Å². The number of rotatable bonds is 3. The first-order valence-electron chi connectivity index (χ1n) is 13.5. The molecule has 3 heterocycles. The molecule has 39 heavy (non-hydrogen) atoms. The highest BCUT2D eigenvalue weighted by atomic mass is 16.5. The summed E-state index contributed by atoms with van der Waals surface area (Å²) in [4.78, 5) is 0. The molecule has 6 heteroatoms. The molecular weight excluding hydrogens is 492 g/mol. The lowest BCUT2D eigenvalue weighted by Gasteiger charge is -2.45. The molecule has 3 saturated carbocycles. The van der Waals surface area contributed by atoms with E-state index in [-0.39, 0.29) is 31.8 Å². The molecule has 6 fully saturated rings. The van der Waals surface area contributed by atoms with Crippen molar-refractivity contribution < 1.29 is 29.5 Å². The minimum atomic E-state index is -0.437. The molecule has 0 aromatic rings. The van der Waals surface area contributed by atoms with Gasteiger partial charge in [0.15, 0.2) is 0 Å². The van der Waals surface area contributed by atoms with Crippen molar-refractivity contribution in [2.45, 2.75) is 69.7 Å². The number of fused-ring (bicyclic) bond motifs is 3. The van der Waals surface area contributed by atoms with Crippen LogP contribution in [0, 0.1) is 17.8 Å². The quantitative estimate of drug-likeness (QED) is 0.449. The molecule has 6 rings (SSSR count). The van der Waals surface area contributed by atoms with E-state index >= 15 is 0 Å². The van der Waals surface area contributed by atoms with Crippen molar-refractivity contribution in [3.63, 3.8) is 0 Å². The molecule has 6 aliphatic rings. The average Bonchev–Trinajstić information content (AvgIpc) is 2.82. The zero-order chi connectivity index (χ0) is 27.4. The Hall–Kier alpha value is -2.32. The van der Waals surface area contributed by atoms with E-state index < -0.39 is 12.2 Å². The Morgan fingerprint density at radius 1 is 0.667 bits per heavy atom. The zero-order valence-corrected chi connectivity index (χ0v) is 22.2. The Morgan fingerprint density at radius 3 is 1.74 bits per heavy atom. The maximum Gasteiger partial charge on any atom is 0.0895 e. The molecule has 0 aromatic heterocycles. The van der Waals surface area contributed by atoms with Gasteiger partial charge in [0.1, 0.15) is 0 Å². The third kappa shape index (κ3) is 6.71. The molecule has 214 valence electrons. The van der Waals surface area contributed by atoms with Crippen LogP contribution in [0.3, 0.4) is 0 Å². The molecule has 0 bridgehead atoms. The van der Waals surface area contributed by atoms with Crippen molar-refractivity contribution in [1.29, 1.82) is 0 Å². The molecule has 9 atom stereocenters. The van der Waals surface area contributed by atoms with Gasteiger partial charge in [-0.1, -0.05) is 87.9 Å². The van der Waals surface area contributed by atoms with Crippen molar-refractivity contribution in [3.05, 3.63) is 97.2 Å². The van der Waals surface area contributed by atoms with E-state index in [0.29, 0.717) is 30.6 Å². The molecule has 6 nitrogen and oxygen atoms in total. The van der Waals surface area contributed by atoms with Crippen molar-refractivity contribution in [3.8, 4) is 0 Å².